The van der Waals surface area contributed by atoms with Gasteiger partial charge in [0.1, 0.15) is 24.1 Å². The molecule has 0 saturated carbocycles. The zero-order chi connectivity index (χ0) is 31.8. The molecule has 2 atom stereocenters. The molecule has 0 radical (unpaired) electrons. The van der Waals surface area contributed by atoms with Gasteiger partial charge in [-0.05, 0) is 41.8 Å². The van der Waals surface area contributed by atoms with Gasteiger partial charge in [-0.2, -0.15) is 0 Å². The Bertz CT molecular complexity index is 1810. The summed E-state index contributed by atoms with van der Waals surface area (Å²) in [4.78, 5) is 51.3. The molecule has 2 N–H and O–H groups in total. The van der Waals surface area contributed by atoms with Gasteiger partial charge >= 0.3 is 12.1 Å². The van der Waals surface area contributed by atoms with Crippen molar-refractivity contribution >= 4 is 79.9 Å². The smallest absolute Gasteiger partial charge is 0.477 e. The fourth-order valence-corrected chi connectivity index (χ4v) is 7.84. The van der Waals surface area contributed by atoms with Gasteiger partial charge in [-0.25, -0.2) is 18.0 Å². The summed E-state index contributed by atoms with van der Waals surface area (Å²) < 4.78 is 42.2. The number of hydrogen-bond acceptors (Lipinski definition) is 10. The van der Waals surface area contributed by atoms with Gasteiger partial charge in [0.2, 0.25) is 5.91 Å². The third-order valence-electron chi connectivity index (χ3n) is 6.37. The first-order valence-electron chi connectivity index (χ1n) is 12.4. The first-order valence-corrected chi connectivity index (χ1v) is 16.2. The van der Waals surface area contributed by atoms with Gasteiger partial charge in [0.15, 0.2) is 26.7 Å². The zero-order valence-electron chi connectivity index (χ0n) is 22.0. The number of carboxylic acids is 1. The average Bonchev–Trinajstić information content (AvgIpc) is 3.45. The van der Waals surface area contributed by atoms with Crippen molar-refractivity contribution in [1.29, 1.82) is 0 Å². The van der Waals surface area contributed by atoms with E-state index >= 15 is 0 Å². The van der Waals surface area contributed by atoms with Crippen LogP contribution in [0.4, 0.5) is 4.79 Å². The molecule has 230 valence electrons. The molecule has 0 bridgehead atoms. The number of aliphatic carboxylic acids is 1. The molecule has 1 aromatic heterocycles. The van der Waals surface area contributed by atoms with Crippen LogP contribution in [0.1, 0.15) is 4.88 Å². The number of nitrogens with one attached hydrogen (secondary N) is 1. The molecular formula is C27H19Cl3N2O10S2. The lowest BCUT2D eigenvalue weighted by atomic mass is 10.0. The third kappa shape index (κ3) is 6.64. The highest BCUT2D eigenvalue weighted by atomic mass is 35.5. The van der Waals surface area contributed by atoms with E-state index in [0.717, 1.165) is 0 Å². The molecule has 1 fully saturated rings. The lowest BCUT2D eigenvalue weighted by Crippen LogP contribution is -2.75. The average molecular weight is 702 g/mol. The summed E-state index contributed by atoms with van der Waals surface area (Å²) in [7, 11) is -4.21. The Balaban J connectivity index is 1.30. The summed E-state index contributed by atoms with van der Waals surface area (Å²) in [5.41, 5.74) is -1.05. The van der Waals surface area contributed by atoms with Gasteiger partial charge in [0.05, 0.1) is 17.2 Å². The topological polar surface area (TPSA) is 166 Å². The first-order chi connectivity index (χ1) is 20.8. The number of hydrogen-bond donors (Lipinski definition) is 2. The number of amides is 2. The van der Waals surface area contributed by atoms with Crippen LogP contribution in [-0.4, -0.2) is 66.1 Å². The van der Waals surface area contributed by atoms with Crippen molar-refractivity contribution in [3.63, 3.8) is 0 Å². The lowest BCUT2D eigenvalue weighted by Gasteiger charge is -2.48. The maximum Gasteiger partial charge on any atom is 0.514 e. The van der Waals surface area contributed by atoms with Gasteiger partial charge in [-0.1, -0.05) is 40.9 Å². The second kappa shape index (κ2) is 12.7. The summed E-state index contributed by atoms with van der Waals surface area (Å²) in [5.74, 6) is -4.03. The number of β-lactam (4-membered cyclic amide) rings is 1. The van der Waals surface area contributed by atoms with E-state index in [1.165, 1.54) is 47.7 Å². The fraction of sp³-hybridized carbons (Fsp3) is 0.185. The van der Waals surface area contributed by atoms with Gasteiger partial charge in [-0.15, -0.1) is 11.3 Å². The fourth-order valence-electron chi connectivity index (χ4n) is 4.52. The number of halogens is 3. The minimum Gasteiger partial charge on any atom is -0.477 e. The van der Waals surface area contributed by atoms with E-state index in [9.17, 15) is 32.7 Å². The van der Waals surface area contributed by atoms with Crippen molar-refractivity contribution in [3.05, 3.63) is 85.1 Å². The second-order valence-electron chi connectivity index (χ2n) is 9.37. The molecule has 44 heavy (non-hydrogen) atoms. The van der Waals surface area contributed by atoms with Crippen molar-refractivity contribution in [2.75, 3.05) is 12.4 Å². The van der Waals surface area contributed by atoms with Crippen LogP contribution >= 0.6 is 46.1 Å². The standard InChI is InChI=1S/C27H19Cl3N2O10S2/c28-14-3-5-18(17(30)8-14)41-19-6-4-15(29)9-20(19)42-27(37)40-11-13-12-44(38,39)25-22(24(34)32(25)23(13)26(35)36)31-21(33)10-16-2-1-7-43-16/h1-9,22,25H,10-12H2,(H,31,33)(H,35,36)/t22?,25-/m0/s1. The number of sulfone groups is 1. The molecule has 3 heterocycles. The molecule has 3 aromatic rings. The molecule has 1 saturated heterocycles. The van der Waals surface area contributed by atoms with E-state index in [1.807, 2.05) is 0 Å². The lowest BCUT2D eigenvalue weighted by molar-refractivity contribution is -0.151. The number of carbonyl (C=O) groups excluding carboxylic acids is 3. The predicted octanol–water partition coefficient (Wildman–Crippen LogP) is 4.68. The maximum atomic E-state index is 13.1. The Morgan fingerprint density at radius 2 is 1.73 bits per heavy atom. The number of carboxylic acid groups (broad SMARTS) is 1. The summed E-state index contributed by atoms with van der Waals surface area (Å²) in [6.45, 7) is -0.842. The second-order valence-corrected chi connectivity index (χ2v) is 13.8. The van der Waals surface area contributed by atoms with Crippen LogP contribution < -0.4 is 14.8 Å². The third-order valence-corrected chi connectivity index (χ3v) is 9.99. The zero-order valence-corrected chi connectivity index (χ0v) is 25.9. The van der Waals surface area contributed by atoms with E-state index in [4.69, 9.17) is 49.0 Å². The normalized spacial score (nSPS) is 18.6. The highest BCUT2D eigenvalue weighted by Gasteiger charge is 2.60. The van der Waals surface area contributed by atoms with E-state index in [-0.39, 0.29) is 39.3 Å². The van der Waals surface area contributed by atoms with Crippen molar-refractivity contribution in [1.82, 2.24) is 10.2 Å². The molecule has 2 amide bonds. The molecule has 1 unspecified atom stereocenters. The number of nitrogens with zero attached hydrogens (tertiary/aromatic N) is 1. The molecule has 2 aromatic carbocycles. The highest BCUT2D eigenvalue weighted by Crippen LogP contribution is 2.39. The quantitative estimate of drug-likeness (QED) is 0.182. The van der Waals surface area contributed by atoms with Gasteiger partial charge in [0, 0.05) is 26.6 Å². The van der Waals surface area contributed by atoms with Crippen molar-refractivity contribution < 1.29 is 46.9 Å². The van der Waals surface area contributed by atoms with Gasteiger partial charge < -0.3 is 24.6 Å². The van der Waals surface area contributed by atoms with E-state index in [2.05, 4.69) is 5.32 Å². The van der Waals surface area contributed by atoms with Crippen molar-refractivity contribution in [3.8, 4) is 17.2 Å². The molecule has 5 rings (SSSR count). The number of fused-ring (bicyclic) bond motifs is 1. The number of benzene rings is 2. The van der Waals surface area contributed by atoms with Crippen molar-refractivity contribution in [2.45, 2.75) is 17.8 Å². The monoisotopic (exact) mass is 700 g/mol. The largest absolute Gasteiger partial charge is 0.514 e. The molecule has 2 aliphatic rings. The van der Waals surface area contributed by atoms with E-state index in [0.29, 0.717) is 14.8 Å². The maximum absolute atomic E-state index is 13.1. The number of thiophene rings is 1. The molecular weight excluding hydrogens is 683 g/mol. The molecule has 12 nitrogen and oxygen atoms in total. The van der Waals surface area contributed by atoms with E-state index in [1.54, 1.807) is 17.5 Å². The predicted molar refractivity (Wildman–Crippen MR) is 159 cm³/mol. The minimum atomic E-state index is -4.21. The van der Waals surface area contributed by atoms with Crippen LogP contribution in [0.2, 0.25) is 15.1 Å². The Kier molecular flexibility index (Phi) is 9.09. The Morgan fingerprint density at radius 1 is 1.02 bits per heavy atom. The summed E-state index contributed by atoms with van der Waals surface area (Å²) in [6, 6.07) is 10.5. The summed E-state index contributed by atoms with van der Waals surface area (Å²) in [6.07, 6.45) is -1.44. The van der Waals surface area contributed by atoms with Gasteiger partial charge in [-0.3, -0.25) is 14.5 Å². The molecule has 0 aliphatic carbocycles. The van der Waals surface area contributed by atoms with Crippen LogP contribution in [0.5, 0.6) is 17.2 Å². The van der Waals surface area contributed by atoms with Crippen molar-refractivity contribution in [2.24, 2.45) is 0 Å². The Morgan fingerprint density at radius 3 is 2.39 bits per heavy atom. The SMILES string of the molecule is O=C(Cc1cccs1)NC1C(=O)N2C(C(=O)O)=C(COC(=O)Oc3cc(Cl)ccc3Oc3ccc(Cl)cc3Cl)CS(=O)(=O)[C@@H]12. The Hall–Kier alpha value is -3.82. The number of ether oxygens (including phenoxy) is 3. The summed E-state index contributed by atoms with van der Waals surface area (Å²) >= 11 is 19.4. The van der Waals surface area contributed by atoms with Crippen LogP contribution in [-0.2, 0) is 35.4 Å². The van der Waals surface area contributed by atoms with Crippen LogP contribution in [0.3, 0.4) is 0 Å². The minimum absolute atomic E-state index is 0.00226. The Labute approximate surface area is 268 Å². The molecule has 17 heteroatoms. The summed E-state index contributed by atoms with van der Waals surface area (Å²) in [5, 5.41) is 13.0. The van der Waals surface area contributed by atoms with Crippen LogP contribution in [0.25, 0.3) is 0 Å². The number of rotatable bonds is 9. The molecule has 2 aliphatic heterocycles. The highest BCUT2D eigenvalue weighted by molar-refractivity contribution is 7.92. The molecule has 0 spiro atoms. The van der Waals surface area contributed by atoms with Crippen LogP contribution in [0.15, 0.2) is 65.2 Å². The first kappa shape index (κ1) is 31.6. The van der Waals surface area contributed by atoms with Crippen LogP contribution in [0, 0.1) is 0 Å². The number of carbonyl (C=O) groups is 4. The van der Waals surface area contributed by atoms with E-state index < -0.39 is 63.2 Å². The van der Waals surface area contributed by atoms with Gasteiger partial charge in [0.25, 0.3) is 5.91 Å².